The van der Waals surface area contributed by atoms with E-state index in [1.54, 1.807) is 0 Å². The minimum atomic E-state index is 0.249. The summed E-state index contributed by atoms with van der Waals surface area (Å²) in [6.07, 6.45) is 3.00. The van der Waals surface area contributed by atoms with Gasteiger partial charge in [0.25, 0.3) is 0 Å². The summed E-state index contributed by atoms with van der Waals surface area (Å²) >= 11 is 0. The van der Waals surface area contributed by atoms with Gasteiger partial charge in [-0.2, -0.15) is 5.10 Å². The van der Waals surface area contributed by atoms with Crippen LogP contribution in [0.3, 0.4) is 0 Å². The first-order chi connectivity index (χ1) is 6.63. The standard InChI is InChI=1S/C12H16N2/c1-4-12(2,3)10-6-5-9-8-13-14-11(9)7-10/h5-8H,4H2,1-3H3,(H,13,14). The number of benzene rings is 1. The third-order valence-electron chi connectivity index (χ3n) is 3.11. The summed E-state index contributed by atoms with van der Waals surface area (Å²) in [6.45, 7) is 6.76. The minimum absolute atomic E-state index is 0.249. The van der Waals surface area contributed by atoms with Crippen LogP contribution in [0.5, 0.6) is 0 Å². The van der Waals surface area contributed by atoms with Gasteiger partial charge in [0.15, 0.2) is 0 Å². The highest BCUT2D eigenvalue weighted by atomic mass is 15.1. The van der Waals surface area contributed by atoms with Gasteiger partial charge in [0.2, 0.25) is 0 Å². The highest BCUT2D eigenvalue weighted by Gasteiger charge is 2.18. The fourth-order valence-electron chi connectivity index (χ4n) is 1.56. The normalized spacial score (nSPS) is 12.2. The van der Waals surface area contributed by atoms with Crippen LogP contribution in [0.15, 0.2) is 24.4 Å². The fourth-order valence-corrected chi connectivity index (χ4v) is 1.56. The first-order valence-electron chi connectivity index (χ1n) is 5.07. The topological polar surface area (TPSA) is 28.7 Å². The summed E-state index contributed by atoms with van der Waals surface area (Å²) in [5, 5.41) is 8.21. The van der Waals surface area contributed by atoms with E-state index in [-0.39, 0.29) is 5.41 Å². The van der Waals surface area contributed by atoms with Crippen LogP contribution < -0.4 is 0 Å². The van der Waals surface area contributed by atoms with Crippen molar-refractivity contribution in [3.8, 4) is 0 Å². The van der Waals surface area contributed by atoms with Crippen LogP contribution in [0.25, 0.3) is 10.9 Å². The highest BCUT2D eigenvalue weighted by molar-refractivity contribution is 5.78. The third kappa shape index (κ3) is 1.41. The molecular weight excluding hydrogens is 172 g/mol. The van der Waals surface area contributed by atoms with Crippen molar-refractivity contribution in [2.45, 2.75) is 32.6 Å². The minimum Gasteiger partial charge on any atom is -0.278 e. The zero-order chi connectivity index (χ0) is 10.2. The van der Waals surface area contributed by atoms with Gasteiger partial charge in [0, 0.05) is 5.39 Å². The molecule has 0 radical (unpaired) electrons. The molecule has 2 rings (SSSR count). The second-order valence-corrected chi connectivity index (χ2v) is 4.41. The van der Waals surface area contributed by atoms with Crippen molar-refractivity contribution in [2.24, 2.45) is 0 Å². The van der Waals surface area contributed by atoms with Crippen LogP contribution in [0.1, 0.15) is 32.8 Å². The van der Waals surface area contributed by atoms with Gasteiger partial charge in [-0.3, -0.25) is 5.10 Å². The van der Waals surface area contributed by atoms with E-state index in [1.807, 2.05) is 6.20 Å². The molecule has 0 atom stereocenters. The molecule has 0 aliphatic carbocycles. The zero-order valence-corrected chi connectivity index (χ0v) is 8.96. The van der Waals surface area contributed by atoms with Crippen molar-refractivity contribution in [1.29, 1.82) is 0 Å². The van der Waals surface area contributed by atoms with E-state index in [0.717, 1.165) is 11.9 Å². The predicted octanol–water partition coefficient (Wildman–Crippen LogP) is 3.25. The average Bonchev–Trinajstić information content (AvgIpc) is 2.64. The number of nitrogens with zero attached hydrogens (tertiary/aromatic N) is 1. The number of H-pyrrole nitrogens is 1. The van der Waals surface area contributed by atoms with E-state index >= 15 is 0 Å². The number of nitrogens with one attached hydrogen (secondary N) is 1. The van der Waals surface area contributed by atoms with Crippen molar-refractivity contribution in [2.75, 3.05) is 0 Å². The van der Waals surface area contributed by atoms with E-state index in [0.29, 0.717) is 0 Å². The first kappa shape index (κ1) is 9.25. The predicted molar refractivity (Wildman–Crippen MR) is 59.4 cm³/mol. The number of aromatic amines is 1. The zero-order valence-electron chi connectivity index (χ0n) is 8.96. The Balaban J connectivity index is 2.53. The van der Waals surface area contributed by atoms with Gasteiger partial charge in [0.1, 0.15) is 0 Å². The van der Waals surface area contributed by atoms with Crippen LogP contribution in [0.2, 0.25) is 0 Å². The monoisotopic (exact) mass is 188 g/mol. The summed E-state index contributed by atoms with van der Waals surface area (Å²) in [4.78, 5) is 0. The molecule has 2 nitrogen and oxygen atoms in total. The molecule has 1 aromatic heterocycles. The Morgan fingerprint density at radius 2 is 2.14 bits per heavy atom. The van der Waals surface area contributed by atoms with Crippen molar-refractivity contribution in [1.82, 2.24) is 10.2 Å². The van der Waals surface area contributed by atoms with Gasteiger partial charge < -0.3 is 0 Å². The van der Waals surface area contributed by atoms with Crippen LogP contribution in [-0.4, -0.2) is 10.2 Å². The molecule has 14 heavy (non-hydrogen) atoms. The lowest BCUT2D eigenvalue weighted by molar-refractivity contribution is 0.507. The van der Waals surface area contributed by atoms with Crippen LogP contribution in [-0.2, 0) is 5.41 Å². The molecule has 0 aliphatic heterocycles. The van der Waals surface area contributed by atoms with Gasteiger partial charge in [-0.05, 0) is 23.5 Å². The molecule has 0 spiro atoms. The molecule has 0 bridgehead atoms. The number of fused-ring (bicyclic) bond motifs is 1. The Bertz CT molecular complexity index is 440. The van der Waals surface area contributed by atoms with E-state index in [2.05, 4.69) is 49.2 Å². The van der Waals surface area contributed by atoms with Crippen molar-refractivity contribution in [3.63, 3.8) is 0 Å². The fraction of sp³-hybridized carbons (Fsp3) is 0.417. The number of rotatable bonds is 2. The molecule has 1 heterocycles. The molecular formula is C12H16N2. The van der Waals surface area contributed by atoms with E-state index in [1.165, 1.54) is 10.9 Å². The van der Waals surface area contributed by atoms with Crippen LogP contribution >= 0.6 is 0 Å². The molecule has 0 amide bonds. The smallest absolute Gasteiger partial charge is 0.0653 e. The largest absolute Gasteiger partial charge is 0.278 e. The highest BCUT2D eigenvalue weighted by Crippen LogP contribution is 2.28. The molecule has 0 fully saturated rings. The lowest BCUT2D eigenvalue weighted by Crippen LogP contribution is -2.14. The molecule has 0 unspecified atom stereocenters. The molecule has 0 saturated heterocycles. The SMILES string of the molecule is CCC(C)(C)c1ccc2cn[nH]c2c1. The van der Waals surface area contributed by atoms with Gasteiger partial charge in [-0.15, -0.1) is 0 Å². The Labute approximate surface area is 84.3 Å². The van der Waals surface area contributed by atoms with Crippen molar-refractivity contribution in [3.05, 3.63) is 30.0 Å². The Morgan fingerprint density at radius 3 is 2.86 bits per heavy atom. The van der Waals surface area contributed by atoms with Gasteiger partial charge in [-0.25, -0.2) is 0 Å². The second kappa shape index (κ2) is 3.12. The lowest BCUT2D eigenvalue weighted by Gasteiger charge is -2.23. The summed E-state index contributed by atoms with van der Waals surface area (Å²) in [5.74, 6) is 0. The first-order valence-corrected chi connectivity index (χ1v) is 5.07. The Kier molecular flexibility index (Phi) is 2.06. The molecule has 1 aromatic carbocycles. The third-order valence-corrected chi connectivity index (χ3v) is 3.11. The number of hydrogen-bond donors (Lipinski definition) is 1. The Hall–Kier alpha value is -1.31. The molecule has 0 aliphatic rings. The summed E-state index contributed by atoms with van der Waals surface area (Å²) in [5.41, 5.74) is 2.75. The molecule has 0 saturated carbocycles. The maximum atomic E-state index is 4.03. The summed E-state index contributed by atoms with van der Waals surface area (Å²) < 4.78 is 0. The van der Waals surface area contributed by atoms with Crippen LogP contribution in [0, 0.1) is 0 Å². The summed E-state index contributed by atoms with van der Waals surface area (Å²) in [7, 11) is 0. The van der Waals surface area contributed by atoms with E-state index < -0.39 is 0 Å². The molecule has 74 valence electrons. The van der Waals surface area contributed by atoms with Crippen LogP contribution in [0.4, 0.5) is 0 Å². The quantitative estimate of drug-likeness (QED) is 0.770. The van der Waals surface area contributed by atoms with E-state index in [4.69, 9.17) is 0 Å². The Morgan fingerprint density at radius 1 is 1.36 bits per heavy atom. The van der Waals surface area contributed by atoms with Gasteiger partial charge in [0.05, 0.1) is 11.7 Å². The number of aromatic nitrogens is 2. The lowest BCUT2D eigenvalue weighted by atomic mass is 9.82. The van der Waals surface area contributed by atoms with E-state index in [9.17, 15) is 0 Å². The molecule has 2 aromatic rings. The van der Waals surface area contributed by atoms with Crippen molar-refractivity contribution >= 4 is 10.9 Å². The average molecular weight is 188 g/mol. The second-order valence-electron chi connectivity index (χ2n) is 4.41. The maximum absolute atomic E-state index is 4.03. The van der Waals surface area contributed by atoms with Gasteiger partial charge in [-0.1, -0.05) is 32.9 Å². The number of hydrogen-bond acceptors (Lipinski definition) is 1. The van der Waals surface area contributed by atoms with Gasteiger partial charge >= 0.3 is 0 Å². The molecule has 1 N–H and O–H groups in total. The maximum Gasteiger partial charge on any atom is 0.0653 e. The van der Waals surface area contributed by atoms with Crippen molar-refractivity contribution < 1.29 is 0 Å². The molecule has 2 heteroatoms. The summed E-state index contributed by atoms with van der Waals surface area (Å²) in [6, 6.07) is 6.53.